The Hall–Kier alpha value is -2.28. The van der Waals surface area contributed by atoms with Gasteiger partial charge in [-0.3, -0.25) is 10.1 Å². The summed E-state index contributed by atoms with van der Waals surface area (Å²) in [5.41, 5.74) is 1.55. The highest BCUT2D eigenvalue weighted by molar-refractivity contribution is 7.13. The number of benzene rings is 1. The lowest BCUT2D eigenvalue weighted by Crippen LogP contribution is -1.98. The zero-order chi connectivity index (χ0) is 16.1. The minimum absolute atomic E-state index is 0.0396. The molecule has 0 aliphatic carbocycles. The van der Waals surface area contributed by atoms with Crippen LogP contribution < -0.4 is 0 Å². The number of rotatable bonds is 7. The van der Waals surface area contributed by atoms with Gasteiger partial charge in [-0.1, -0.05) is 25.5 Å². The number of carboxylic acid groups (broad SMARTS) is 1. The number of carboxylic acids is 1. The molecule has 0 radical (unpaired) electrons. The zero-order valence-electron chi connectivity index (χ0n) is 12.1. The molecule has 0 saturated carbocycles. The van der Waals surface area contributed by atoms with E-state index in [1.807, 2.05) is 6.92 Å². The molecule has 0 unspecified atom stereocenters. The smallest absolute Gasteiger partial charge is 0.347 e. The Morgan fingerprint density at radius 2 is 2.05 bits per heavy atom. The highest BCUT2D eigenvalue weighted by Gasteiger charge is 2.17. The van der Waals surface area contributed by atoms with Gasteiger partial charge in [0.15, 0.2) is 0 Å². The first-order valence-electron chi connectivity index (χ1n) is 6.96. The van der Waals surface area contributed by atoms with Crippen molar-refractivity contribution in [2.75, 3.05) is 0 Å². The third-order valence-corrected chi connectivity index (χ3v) is 4.29. The summed E-state index contributed by atoms with van der Waals surface area (Å²) in [7, 11) is 0. The molecule has 7 heteroatoms. The van der Waals surface area contributed by atoms with E-state index in [0.29, 0.717) is 23.4 Å². The van der Waals surface area contributed by atoms with Crippen LogP contribution in [0.3, 0.4) is 0 Å². The van der Waals surface area contributed by atoms with Crippen LogP contribution in [-0.2, 0) is 12.8 Å². The number of aromatic nitrogens is 1. The lowest BCUT2D eigenvalue weighted by Gasteiger charge is -1.98. The van der Waals surface area contributed by atoms with E-state index in [9.17, 15) is 20.0 Å². The Labute approximate surface area is 131 Å². The Morgan fingerprint density at radius 1 is 1.36 bits per heavy atom. The fourth-order valence-electron chi connectivity index (χ4n) is 2.07. The normalized spacial score (nSPS) is 10.6. The highest BCUT2D eigenvalue weighted by atomic mass is 32.1. The lowest BCUT2D eigenvalue weighted by molar-refractivity contribution is -0.384. The zero-order valence-corrected chi connectivity index (χ0v) is 12.9. The van der Waals surface area contributed by atoms with Gasteiger partial charge in [-0.2, -0.15) is 0 Å². The van der Waals surface area contributed by atoms with Crippen LogP contribution in [0.4, 0.5) is 5.69 Å². The van der Waals surface area contributed by atoms with Crippen molar-refractivity contribution in [3.8, 4) is 0 Å². The molecule has 0 atom stereocenters. The van der Waals surface area contributed by atoms with Crippen LogP contribution in [0.2, 0.25) is 0 Å². The van der Waals surface area contributed by atoms with Gasteiger partial charge < -0.3 is 5.11 Å². The summed E-state index contributed by atoms with van der Waals surface area (Å²) in [5, 5.41) is 20.6. The molecule has 0 spiro atoms. The number of thiazole rings is 1. The van der Waals surface area contributed by atoms with Crippen molar-refractivity contribution in [1.82, 2.24) is 4.98 Å². The molecule has 22 heavy (non-hydrogen) atoms. The van der Waals surface area contributed by atoms with Crippen molar-refractivity contribution in [3.05, 3.63) is 55.5 Å². The summed E-state index contributed by atoms with van der Waals surface area (Å²) in [4.78, 5) is 26.2. The summed E-state index contributed by atoms with van der Waals surface area (Å²) in [5.74, 6) is -0.946. The van der Waals surface area contributed by atoms with Crippen molar-refractivity contribution in [3.63, 3.8) is 0 Å². The topological polar surface area (TPSA) is 93.3 Å². The molecule has 116 valence electrons. The van der Waals surface area contributed by atoms with Gasteiger partial charge in [-0.25, -0.2) is 9.78 Å². The molecule has 1 aromatic carbocycles. The predicted octanol–water partition coefficient (Wildman–Crippen LogP) is 3.68. The fraction of sp³-hybridized carbons (Fsp3) is 0.333. The molecular formula is C15H16N2O4S. The third kappa shape index (κ3) is 3.88. The predicted molar refractivity (Wildman–Crippen MR) is 83.6 cm³/mol. The first kappa shape index (κ1) is 16.1. The number of nitro benzene ring substituents is 1. The number of aromatic carboxylic acids is 1. The van der Waals surface area contributed by atoms with E-state index in [2.05, 4.69) is 4.98 Å². The number of hydrogen-bond donors (Lipinski definition) is 1. The van der Waals surface area contributed by atoms with Crippen LogP contribution in [0.1, 0.15) is 45.7 Å². The molecule has 2 aromatic rings. The maximum absolute atomic E-state index is 11.3. The van der Waals surface area contributed by atoms with Crippen molar-refractivity contribution < 1.29 is 14.8 Å². The second kappa shape index (κ2) is 7.13. The van der Waals surface area contributed by atoms with Gasteiger partial charge in [0.25, 0.3) is 5.69 Å². The number of hydrogen-bond acceptors (Lipinski definition) is 5. The molecule has 1 heterocycles. The molecule has 0 amide bonds. The summed E-state index contributed by atoms with van der Waals surface area (Å²) in [6, 6.07) is 6.23. The summed E-state index contributed by atoms with van der Waals surface area (Å²) in [6.07, 6.45) is 3.03. The van der Waals surface area contributed by atoms with Crippen molar-refractivity contribution in [2.45, 2.75) is 32.6 Å². The highest BCUT2D eigenvalue weighted by Crippen LogP contribution is 2.23. The van der Waals surface area contributed by atoms with Crippen LogP contribution in [0.5, 0.6) is 0 Å². The maximum atomic E-state index is 11.3. The van der Waals surface area contributed by atoms with Crippen LogP contribution in [0.25, 0.3) is 0 Å². The van der Waals surface area contributed by atoms with Crippen LogP contribution >= 0.6 is 11.3 Å². The summed E-state index contributed by atoms with van der Waals surface area (Å²) < 4.78 is 0. The van der Waals surface area contributed by atoms with Gasteiger partial charge in [0, 0.05) is 18.6 Å². The maximum Gasteiger partial charge on any atom is 0.347 e. The monoisotopic (exact) mass is 320 g/mol. The van der Waals surface area contributed by atoms with Gasteiger partial charge in [0.1, 0.15) is 4.88 Å². The lowest BCUT2D eigenvalue weighted by atomic mass is 10.1. The number of aryl methyl sites for hydroxylation is 1. The quantitative estimate of drug-likeness (QED) is 0.620. The second-order valence-electron chi connectivity index (χ2n) is 4.89. The van der Waals surface area contributed by atoms with E-state index in [4.69, 9.17) is 0 Å². The van der Waals surface area contributed by atoms with E-state index >= 15 is 0 Å². The Bertz CT molecular complexity index is 679. The summed E-state index contributed by atoms with van der Waals surface area (Å²) in [6.45, 7) is 2.05. The van der Waals surface area contributed by atoms with Crippen molar-refractivity contribution in [1.29, 1.82) is 0 Å². The van der Waals surface area contributed by atoms with Crippen LogP contribution in [0.15, 0.2) is 24.3 Å². The second-order valence-corrected chi connectivity index (χ2v) is 5.98. The van der Waals surface area contributed by atoms with Gasteiger partial charge >= 0.3 is 5.97 Å². The first-order chi connectivity index (χ1) is 10.5. The molecule has 2 rings (SSSR count). The van der Waals surface area contributed by atoms with Crippen LogP contribution in [-0.4, -0.2) is 21.0 Å². The number of unbranched alkanes of at least 4 members (excludes halogenated alkanes) is 1. The van der Waals surface area contributed by atoms with Gasteiger partial charge in [0.2, 0.25) is 0 Å². The molecule has 0 fully saturated rings. The number of nitro groups is 1. The molecule has 1 aromatic heterocycles. The molecule has 0 bridgehead atoms. The standard InChI is InChI=1S/C15H16N2O4S/c1-2-3-4-12-14(15(18)19)22-13(16-12)9-10-5-7-11(8-6-10)17(20)21/h5-8H,2-4,9H2,1H3,(H,18,19). The minimum Gasteiger partial charge on any atom is -0.477 e. The van der Waals surface area contributed by atoms with E-state index in [0.717, 1.165) is 23.4 Å². The SMILES string of the molecule is CCCCc1nc(Cc2ccc([N+](=O)[O-])cc2)sc1C(=O)O. The number of non-ortho nitro benzene ring substituents is 1. The largest absolute Gasteiger partial charge is 0.477 e. The fourth-order valence-corrected chi connectivity index (χ4v) is 3.05. The first-order valence-corrected chi connectivity index (χ1v) is 7.78. The van der Waals surface area contributed by atoms with Crippen molar-refractivity contribution >= 4 is 23.0 Å². The molecule has 0 saturated heterocycles. The van der Waals surface area contributed by atoms with E-state index in [-0.39, 0.29) is 5.69 Å². The number of carbonyl (C=O) groups is 1. The molecule has 6 nitrogen and oxygen atoms in total. The van der Waals surface area contributed by atoms with E-state index < -0.39 is 10.9 Å². The van der Waals surface area contributed by atoms with Gasteiger partial charge in [-0.15, -0.1) is 11.3 Å². The Kier molecular flexibility index (Phi) is 5.21. The molecule has 0 aliphatic rings. The van der Waals surface area contributed by atoms with Crippen molar-refractivity contribution in [2.24, 2.45) is 0 Å². The van der Waals surface area contributed by atoms with E-state index in [1.165, 1.54) is 23.5 Å². The minimum atomic E-state index is -0.946. The van der Waals surface area contributed by atoms with Gasteiger partial charge in [-0.05, 0) is 18.4 Å². The molecule has 0 aliphatic heterocycles. The third-order valence-electron chi connectivity index (χ3n) is 3.21. The average molecular weight is 320 g/mol. The van der Waals surface area contributed by atoms with Gasteiger partial charge in [0.05, 0.1) is 15.6 Å². The number of nitrogens with zero attached hydrogens (tertiary/aromatic N) is 2. The average Bonchev–Trinajstić information content (AvgIpc) is 2.88. The molecular weight excluding hydrogens is 304 g/mol. The van der Waals surface area contributed by atoms with Crippen LogP contribution in [0, 0.1) is 10.1 Å². The molecule has 1 N–H and O–H groups in total. The summed E-state index contributed by atoms with van der Waals surface area (Å²) >= 11 is 1.18. The Balaban J connectivity index is 2.18. The van der Waals surface area contributed by atoms with E-state index in [1.54, 1.807) is 12.1 Å². The Morgan fingerprint density at radius 3 is 2.59 bits per heavy atom.